The fraction of sp³-hybridized carbons (Fsp3) is 0.300. The lowest BCUT2D eigenvalue weighted by molar-refractivity contribution is 0.102. The average molecular weight is 234 g/mol. The van der Waals surface area contributed by atoms with Gasteiger partial charge < -0.3 is 11.1 Å². The summed E-state index contributed by atoms with van der Waals surface area (Å²) in [7, 11) is 3.46. The van der Waals surface area contributed by atoms with Crippen molar-refractivity contribution >= 4 is 17.4 Å². The quantitative estimate of drug-likeness (QED) is 0.781. The maximum Gasteiger partial charge on any atom is 0.279 e. The number of nitrogens with two attached hydrogens (primary N) is 1. The standard InChI is InChI=1S/C10H14N6O/c1-6-4-8(16(3)13-6)12-10(17)9-7(11)5-15(2)14-9/h4-5H,11H2,1-3H3,(H,12,17). The first-order valence-electron chi connectivity index (χ1n) is 5.08. The van der Waals surface area contributed by atoms with Gasteiger partial charge in [-0.25, -0.2) is 0 Å². The largest absolute Gasteiger partial charge is 0.396 e. The Morgan fingerprint density at radius 2 is 2.12 bits per heavy atom. The molecule has 2 aromatic rings. The molecule has 2 rings (SSSR count). The third-order valence-electron chi connectivity index (χ3n) is 2.32. The van der Waals surface area contributed by atoms with E-state index in [1.54, 1.807) is 31.0 Å². The fourth-order valence-electron chi connectivity index (χ4n) is 1.59. The third-order valence-corrected chi connectivity index (χ3v) is 2.32. The lowest BCUT2D eigenvalue weighted by atomic mass is 10.3. The fourth-order valence-corrected chi connectivity index (χ4v) is 1.59. The van der Waals surface area contributed by atoms with Gasteiger partial charge in [0.25, 0.3) is 5.91 Å². The Kier molecular flexibility index (Phi) is 2.58. The Hall–Kier alpha value is -2.31. The van der Waals surface area contributed by atoms with E-state index in [0.29, 0.717) is 11.5 Å². The topological polar surface area (TPSA) is 90.8 Å². The molecule has 0 radical (unpaired) electrons. The highest BCUT2D eigenvalue weighted by molar-refractivity contribution is 6.05. The summed E-state index contributed by atoms with van der Waals surface area (Å²) in [5.41, 5.74) is 7.07. The highest BCUT2D eigenvalue weighted by atomic mass is 16.2. The van der Waals surface area contributed by atoms with E-state index in [4.69, 9.17) is 5.73 Å². The van der Waals surface area contributed by atoms with Crippen LogP contribution in [0.3, 0.4) is 0 Å². The van der Waals surface area contributed by atoms with Crippen molar-refractivity contribution in [2.75, 3.05) is 11.1 Å². The van der Waals surface area contributed by atoms with E-state index >= 15 is 0 Å². The second kappa shape index (κ2) is 3.93. The molecule has 2 aromatic heterocycles. The van der Waals surface area contributed by atoms with Crippen molar-refractivity contribution in [1.82, 2.24) is 19.6 Å². The summed E-state index contributed by atoms with van der Waals surface area (Å²) in [5, 5.41) is 10.8. The van der Waals surface area contributed by atoms with Gasteiger partial charge in [0.05, 0.1) is 11.4 Å². The zero-order chi connectivity index (χ0) is 12.6. The number of aromatic nitrogens is 4. The summed E-state index contributed by atoms with van der Waals surface area (Å²) in [6, 6.07) is 1.77. The number of anilines is 2. The lowest BCUT2D eigenvalue weighted by Gasteiger charge is -2.03. The maximum atomic E-state index is 11.9. The number of carbonyl (C=O) groups excluding carboxylic acids is 1. The molecule has 0 spiro atoms. The number of hydrogen-bond donors (Lipinski definition) is 2. The Morgan fingerprint density at radius 3 is 2.59 bits per heavy atom. The predicted octanol–water partition coefficient (Wildman–Crippen LogP) is 0.297. The van der Waals surface area contributed by atoms with Crippen molar-refractivity contribution in [3.63, 3.8) is 0 Å². The molecular formula is C10H14N6O. The maximum absolute atomic E-state index is 11.9. The highest BCUT2D eigenvalue weighted by Crippen LogP contribution is 2.13. The zero-order valence-electron chi connectivity index (χ0n) is 9.93. The van der Waals surface area contributed by atoms with Crippen molar-refractivity contribution in [2.24, 2.45) is 14.1 Å². The number of nitrogen functional groups attached to an aromatic ring is 1. The van der Waals surface area contributed by atoms with Gasteiger partial charge in [0, 0.05) is 26.4 Å². The molecule has 3 N–H and O–H groups in total. The smallest absolute Gasteiger partial charge is 0.279 e. The lowest BCUT2D eigenvalue weighted by Crippen LogP contribution is -2.16. The molecular weight excluding hydrogens is 220 g/mol. The number of carbonyl (C=O) groups is 1. The zero-order valence-corrected chi connectivity index (χ0v) is 9.93. The predicted molar refractivity (Wildman–Crippen MR) is 63.5 cm³/mol. The molecule has 0 aliphatic heterocycles. The van der Waals surface area contributed by atoms with Crippen LogP contribution in [-0.4, -0.2) is 25.5 Å². The van der Waals surface area contributed by atoms with Gasteiger partial charge in [0.15, 0.2) is 5.69 Å². The molecule has 7 heteroatoms. The molecule has 0 aliphatic rings. The SMILES string of the molecule is Cc1cc(NC(=O)c2nn(C)cc2N)n(C)n1. The van der Waals surface area contributed by atoms with Crippen molar-refractivity contribution in [3.05, 3.63) is 23.7 Å². The second-order valence-electron chi connectivity index (χ2n) is 3.86. The molecule has 0 unspecified atom stereocenters. The first-order valence-corrected chi connectivity index (χ1v) is 5.08. The van der Waals surface area contributed by atoms with Crippen LogP contribution < -0.4 is 11.1 Å². The summed E-state index contributed by atoms with van der Waals surface area (Å²) < 4.78 is 3.09. The van der Waals surface area contributed by atoms with E-state index in [0.717, 1.165) is 5.69 Å². The van der Waals surface area contributed by atoms with Gasteiger partial charge in [-0.1, -0.05) is 0 Å². The van der Waals surface area contributed by atoms with E-state index < -0.39 is 0 Å². The Labute approximate surface area is 98.2 Å². The van der Waals surface area contributed by atoms with Crippen molar-refractivity contribution in [3.8, 4) is 0 Å². The molecule has 1 amide bonds. The van der Waals surface area contributed by atoms with Crippen LogP contribution in [-0.2, 0) is 14.1 Å². The minimum atomic E-state index is -0.342. The summed E-state index contributed by atoms with van der Waals surface area (Å²) in [4.78, 5) is 11.9. The van der Waals surface area contributed by atoms with Crippen LogP contribution >= 0.6 is 0 Å². The third kappa shape index (κ3) is 2.12. The molecule has 2 heterocycles. The van der Waals surface area contributed by atoms with E-state index in [1.165, 1.54) is 4.68 Å². The summed E-state index contributed by atoms with van der Waals surface area (Å²) >= 11 is 0. The minimum absolute atomic E-state index is 0.214. The van der Waals surface area contributed by atoms with Crippen LogP contribution in [0.5, 0.6) is 0 Å². The molecule has 0 saturated heterocycles. The number of amides is 1. The van der Waals surface area contributed by atoms with Gasteiger partial charge in [-0.15, -0.1) is 0 Å². The minimum Gasteiger partial charge on any atom is -0.396 e. The summed E-state index contributed by atoms with van der Waals surface area (Å²) in [6.07, 6.45) is 1.59. The average Bonchev–Trinajstić information content (AvgIpc) is 2.70. The molecule has 90 valence electrons. The second-order valence-corrected chi connectivity index (χ2v) is 3.86. The molecule has 0 fully saturated rings. The van der Waals surface area contributed by atoms with Crippen molar-refractivity contribution in [1.29, 1.82) is 0 Å². The highest BCUT2D eigenvalue weighted by Gasteiger charge is 2.15. The van der Waals surface area contributed by atoms with Crippen molar-refractivity contribution in [2.45, 2.75) is 6.92 Å². The Bertz CT molecular complexity index is 567. The van der Waals surface area contributed by atoms with E-state index in [1.807, 2.05) is 6.92 Å². The first-order chi connectivity index (χ1) is 7.97. The van der Waals surface area contributed by atoms with E-state index in [9.17, 15) is 4.79 Å². The molecule has 7 nitrogen and oxygen atoms in total. The number of rotatable bonds is 2. The molecule has 0 saturated carbocycles. The van der Waals surface area contributed by atoms with Gasteiger partial charge in [0.2, 0.25) is 0 Å². The molecule has 0 aromatic carbocycles. The van der Waals surface area contributed by atoms with Crippen LogP contribution in [0, 0.1) is 6.92 Å². The van der Waals surface area contributed by atoms with Crippen molar-refractivity contribution < 1.29 is 4.79 Å². The van der Waals surface area contributed by atoms with E-state index in [-0.39, 0.29) is 11.6 Å². The first kappa shape index (κ1) is 11.2. The van der Waals surface area contributed by atoms with Crippen LogP contribution in [0.2, 0.25) is 0 Å². The van der Waals surface area contributed by atoms with E-state index in [2.05, 4.69) is 15.5 Å². The van der Waals surface area contributed by atoms with Gasteiger partial charge in [-0.05, 0) is 6.92 Å². The molecule has 17 heavy (non-hydrogen) atoms. The van der Waals surface area contributed by atoms with Gasteiger partial charge in [0.1, 0.15) is 5.82 Å². The van der Waals surface area contributed by atoms with Gasteiger partial charge in [-0.2, -0.15) is 10.2 Å². The van der Waals surface area contributed by atoms with Crippen LogP contribution in [0.25, 0.3) is 0 Å². The number of hydrogen-bond acceptors (Lipinski definition) is 4. The molecule has 0 aliphatic carbocycles. The Morgan fingerprint density at radius 1 is 1.41 bits per heavy atom. The van der Waals surface area contributed by atoms with Crippen LogP contribution in [0.4, 0.5) is 11.5 Å². The van der Waals surface area contributed by atoms with Gasteiger partial charge in [-0.3, -0.25) is 14.2 Å². The number of nitrogens with zero attached hydrogens (tertiary/aromatic N) is 4. The van der Waals surface area contributed by atoms with Crippen LogP contribution in [0.1, 0.15) is 16.2 Å². The van der Waals surface area contributed by atoms with Crippen LogP contribution in [0.15, 0.2) is 12.3 Å². The van der Waals surface area contributed by atoms with Gasteiger partial charge >= 0.3 is 0 Å². The normalized spacial score (nSPS) is 10.5. The molecule has 0 atom stereocenters. The Balaban J connectivity index is 2.22. The monoisotopic (exact) mass is 234 g/mol. The number of nitrogens with one attached hydrogen (secondary N) is 1. The summed E-state index contributed by atoms with van der Waals surface area (Å²) in [6.45, 7) is 1.85. The molecule has 0 bridgehead atoms. The number of aryl methyl sites for hydroxylation is 3. The summed E-state index contributed by atoms with van der Waals surface area (Å²) in [5.74, 6) is 0.267.